The fourth-order valence-corrected chi connectivity index (χ4v) is 2.75. The Morgan fingerprint density at radius 1 is 1.17 bits per heavy atom. The van der Waals surface area contributed by atoms with Crippen molar-refractivity contribution < 1.29 is 18.3 Å². The van der Waals surface area contributed by atoms with E-state index in [0.717, 1.165) is 18.2 Å². The van der Waals surface area contributed by atoms with Gasteiger partial charge in [-0.1, -0.05) is 22.8 Å². The smallest absolute Gasteiger partial charge is 0.268 e. The SMILES string of the molecule is [N-]=[N+]=NCc1cc(-c2cc(F)ccc2F)cc(Cl)c1C1OC=CO1. The third-order valence-corrected chi connectivity index (χ3v) is 3.77. The third kappa shape index (κ3) is 3.13. The van der Waals surface area contributed by atoms with Crippen molar-refractivity contribution in [1.29, 1.82) is 0 Å². The molecule has 0 saturated carbocycles. The van der Waals surface area contributed by atoms with Gasteiger partial charge in [0.1, 0.15) is 24.2 Å². The van der Waals surface area contributed by atoms with Crippen LogP contribution in [0.4, 0.5) is 8.78 Å². The topological polar surface area (TPSA) is 67.2 Å². The quantitative estimate of drug-likeness (QED) is 0.409. The molecule has 3 rings (SSSR count). The van der Waals surface area contributed by atoms with Crippen molar-refractivity contribution in [3.8, 4) is 11.1 Å². The largest absolute Gasteiger partial charge is 0.455 e. The zero-order valence-electron chi connectivity index (χ0n) is 12.1. The number of ether oxygens (including phenoxy) is 2. The zero-order valence-corrected chi connectivity index (χ0v) is 12.9. The van der Waals surface area contributed by atoms with Crippen LogP contribution in [0.25, 0.3) is 21.6 Å². The van der Waals surface area contributed by atoms with E-state index in [0.29, 0.717) is 16.7 Å². The minimum Gasteiger partial charge on any atom is -0.455 e. The lowest BCUT2D eigenvalue weighted by Gasteiger charge is -2.18. The van der Waals surface area contributed by atoms with Gasteiger partial charge in [0, 0.05) is 10.5 Å². The van der Waals surface area contributed by atoms with E-state index in [-0.39, 0.29) is 17.1 Å². The lowest BCUT2D eigenvalue weighted by Crippen LogP contribution is -2.04. The van der Waals surface area contributed by atoms with E-state index < -0.39 is 17.9 Å². The van der Waals surface area contributed by atoms with E-state index >= 15 is 0 Å². The summed E-state index contributed by atoms with van der Waals surface area (Å²) in [6, 6.07) is 6.19. The van der Waals surface area contributed by atoms with Crippen molar-refractivity contribution in [2.24, 2.45) is 5.11 Å². The van der Waals surface area contributed by atoms with Gasteiger partial charge in [-0.15, -0.1) is 0 Å². The van der Waals surface area contributed by atoms with Crippen LogP contribution in [0, 0.1) is 11.6 Å². The molecular formula is C16H10ClF2N3O2. The molecule has 24 heavy (non-hydrogen) atoms. The molecule has 1 aliphatic heterocycles. The maximum Gasteiger partial charge on any atom is 0.268 e. The van der Waals surface area contributed by atoms with Gasteiger partial charge in [0.05, 0.1) is 17.1 Å². The molecule has 0 fully saturated rings. The first-order chi connectivity index (χ1) is 11.6. The molecular weight excluding hydrogens is 340 g/mol. The zero-order chi connectivity index (χ0) is 17.1. The van der Waals surface area contributed by atoms with Crippen LogP contribution < -0.4 is 0 Å². The fraction of sp³-hybridized carbons (Fsp3) is 0.125. The monoisotopic (exact) mass is 349 g/mol. The molecule has 0 N–H and O–H groups in total. The average Bonchev–Trinajstić information content (AvgIpc) is 3.08. The summed E-state index contributed by atoms with van der Waals surface area (Å²) in [6.45, 7) is -0.0421. The van der Waals surface area contributed by atoms with Crippen LogP contribution in [0.2, 0.25) is 5.02 Å². The van der Waals surface area contributed by atoms with Crippen molar-refractivity contribution in [3.05, 3.63) is 81.1 Å². The standard InChI is InChI=1S/C16H10ClF2N3O2/c17-13-6-9(12-7-11(18)1-2-14(12)19)5-10(8-21-22-20)15(13)16-23-3-4-24-16/h1-7,16H,8H2. The first-order valence-corrected chi connectivity index (χ1v) is 7.22. The molecule has 8 heteroatoms. The molecule has 0 bridgehead atoms. The molecule has 0 aliphatic carbocycles. The molecule has 0 radical (unpaired) electrons. The summed E-state index contributed by atoms with van der Waals surface area (Å²) in [4.78, 5) is 2.71. The summed E-state index contributed by atoms with van der Waals surface area (Å²) < 4.78 is 38.0. The van der Waals surface area contributed by atoms with Crippen molar-refractivity contribution in [1.82, 2.24) is 0 Å². The Balaban J connectivity index is 2.13. The highest BCUT2D eigenvalue weighted by molar-refractivity contribution is 6.31. The van der Waals surface area contributed by atoms with Gasteiger partial charge in [-0.2, -0.15) is 0 Å². The van der Waals surface area contributed by atoms with Gasteiger partial charge in [-0.05, 0) is 40.9 Å². The second-order valence-electron chi connectivity index (χ2n) is 4.92. The van der Waals surface area contributed by atoms with Gasteiger partial charge in [0.2, 0.25) is 0 Å². The van der Waals surface area contributed by atoms with Gasteiger partial charge in [-0.3, -0.25) is 0 Å². The molecule has 5 nitrogen and oxygen atoms in total. The minimum atomic E-state index is -0.784. The summed E-state index contributed by atoms with van der Waals surface area (Å²) in [5, 5.41) is 3.74. The number of benzene rings is 2. The van der Waals surface area contributed by atoms with E-state index in [1.54, 1.807) is 6.07 Å². The number of hydrogen-bond donors (Lipinski definition) is 0. The van der Waals surface area contributed by atoms with Gasteiger partial charge < -0.3 is 9.47 Å². The van der Waals surface area contributed by atoms with Crippen LogP contribution in [-0.2, 0) is 16.0 Å². The maximum absolute atomic E-state index is 14.0. The molecule has 1 aliphatic rings. The normalized spacial score (nSPS) is 13.3. The summed E-state index contributed by atoms with van der Waals surface area (Å²) in [5.41, 5.74) is 9.93. The van der Waals surface area contributed by atoms with Crippen LogP contribution in [-0.4, -0.2) is 0 Å². The molecule has 2 aromatic rings. The highest BCUT2D eigenvalue weighted by atomic mass is 35.5. The first-order valence-electron chi connectivity index (χ1n) is 6.84. The molecule has 1 heterocycles. The molecule has 0 amide bonds. The molecule has 0 aromatic heterocycles. The number of hydrogen-bond acceptors (Lipinski definition) is 3. The molecule has 0 unspecified atom stereocenters. The molecule has 0 saturated heterocycles. The minimum absolute atomic E-state index is 0.0421. The summed E-state index contributed by atoms with van der Waals surface area (Å²) in [5.74, 6) is -1.17. The fourth-order valence-electron chi connectivity index (χ4n) is 2.43. The Hall–Kier alpha value is -2.76. The van der Waals surface area contributed by atoms with E-state index in [2.05, 4.69) is 10.0 Å². The van der Waals surface area contributed by atoms with Gasteiger partial charge >= 0.3 is 0 Å². The first kappa shape index (κ1) is 16.1. The van der Waals surface area contributed by atoms with Crippen molar-refractivity contribution >= 4 is 11.6 Å². The number of rotatable bonds is 4. The lowest BCUT2D eigenvalue weighted by atomic mass is 9.98. The third-order valence-electron chi connectivity index (χ3n) is 3.45. The average molecular weight is 350 g/mol. The Bertz CT molecular complexity index is 859. The van der Waals surface area contributed by atoms with Crippen LogP contribution in [0.3, 0.4) is 0 Å². The van der Waals surface area contributed by atoms with Crippen LogP contribution in [0.1, 0.15) is 17.4 Å². The second kappa shape index (κ2) is 6.78. The predicted molar refractivity (Wildman–Crippen MR) is 83.7 cm³/mol. The predicted octanol–water partition coefficient (Wildman–Crippen LogP) is 5.61. The second-order valence-corrected chi connectivity index (χ2v) is 5.33. The van der Waals surface area contributed by atoms with Gasteiger partial charge in [0.15, 0.2) is 0 Å². The van der Waals surface area contributed by atoms with Crippen molar-refractivity contribution in [2.75, 3.05) is 0 Å². The highest BCUT2D eigenvalue weighted by Crippen LogP contribution is 2.37. The number of nitrogens with zero attached hydrogens (tertiary/aromatic N) is 3. The molecule has 122 valence electrons. The molecule has 0 spiro atoms. The van der Waals surface area contributed by atoms with E-state index in [9.17, 15) is 8.78 Å². The number of halogens is 3. The Morgan fingerprint density at radius 2 is 1.92 bits per heavy atom. The maximum atomic E-state index is 14.0. The Morgan fingerprint density at radius 3 is 2.62 bits per heavy atom. The van der Waals surface area contributed by atoms with Crippen molar-refractivity contribution in [2.45, 2.75) is 12.8 Å². The van der Waals surface area contributed by atoms with E-state index in [1.165, 1.54) is 18.6 Å². The van der Waals surface area contributed by atoms with Crippen molar-refractivity contribution in [3.63, 3.8) is 0 Å². The molecule has 0 atom stereocenters. The van der Waals surface area contributed by atoms with Gasteiger partial charge in [0.25, 0.3) is 6.29 Å². The van der Waals surface area contributed by atoms with E-state index in [1.807, 2.05) is 0 Å². The lowest BCUT2D eigenvalue weighted by molar-refractivity contribution is -0.0251. The molecule has 2 aromatic carbocycles. The van der Waals surface area contributed by atoms with E-state index in [4.69, 9.17) is 26.6 Å². The summed E-state index contributed by atoms with van der Waals surface area (Å²) >= 11 is 6.30. The van der Waals surface area contributed by atoms with Crippen LogP contribution in [0.15, 0.2) is 48.0 Å². The van der Waals surface area contributed by atoms with Crippen LogP contribution in [0.5, 0.6) is 0 Å². The van der Waals surface area contributed by atoms with Crippen LogP contribution >= 0.6 is 11.6 Å². The highest BCUT2D eigenvalue weighted by Gasteiger charge is 2.24. The summed E-state index contributed by atoms with van der Waals surface area (Å²) in [6.07, 6.45) is 1.93. The Kier molecular flexibility index (Phi) is 4.55. The Labute approximate surface area is 140 Å². The summed E-state index contributed by atoms with van der Waals surface area (Å²) in [7, 11) is 0. The number of azide groups is 1. The van der Waals surface area contributed by atoms with Gasteiger partial charge in [-0.25, -0.2) is 8.78 Å².